The van der Waals surface area contributed by atoms with Gasteiger partial charge < -0.3 is 10.2 Å². The molecule has 18 heavy (non-hydrogen) atoms. The predicted molar refractivity (Wildman–Crippen MR) is 76.0 cm³/mol. The molecule has 1 fully saturated rings. The summed E-state index contributed by atoms with van der Waals surface area (Å²) in [4.78, 5) is 2.51. The van der Waals surface area contributed by atoms with Gasteiger partial charge in [-0.05, 0) is 39.2 Å². The van der Waals surface area contributed by atoms with E-state index in [9.17, 15) is 0 Å². The number of aromatic nitrogens is 2. The van der Waals surface area contributed by atoms with Gasteiger partial charge in [0.15, 0.2) is 0 Å². The van der Waals surface area contributed by atoms with Crippen LogP contribution in [-0.4, -0.2) is 29.4 Å². The maximum atomic E-state index is 4.60. The van der Waals surface area contributed by atoms with E-state index >= 15 is 0 Å². The van der Waals surface area contributed by atoms with Crippen molar-refractivity contribution in [2.75, 3.05) is 24.5 Å². The normalized spacial score (nSPS) is 16.3. The van der Waals surface area contributed by atoms with Crippen molar-refractivity contribution in [1.82, 2.24) is 15.1 Å². The molecule has 0 aromatic carbocycles. The van der Waals surface area contributed by atoms with E-state index in [0.717, 1.165) is 13.1 Å². The van der Waals surface area contributed by atoms with Crippen LogP contribution in [0.5, 0.6) is 0 Å². The molecule has 1 aromatic heterocycles. The fraction of sp³-hybridized carbons (Fsp3) is 0.786. The van der Waals surface area contributed by atoms with Crippen molar-refractivity contribution in [3.05, 3.63) is 11.3 Å². The number of anilines is 1. The lowest BCUT2D eigenvalue weighted by Crippen LogP contribution is -2.32. The van der Waals surface area contributed by atoms with Gasteiger partial charge in [-0.1, -0.05) is 6.92 Å². The van der Waals surface area contributed by atoms with Crippen molar-refractivity contribution in [2.24, 2.45) is 7.05 Å². The Labute approximate surface area is 110 Å². The summed E-state index contributed by atoms with van der Waals surface area (Å²) in [5.74, 6) is 1.33. The van der Waals surface area contributed by atoms with Gasteiger partial charge in [-0.15, -0.1) is 0 Å². The van der Waals surface area contributed by atoms with Gasteiger partial charge in [0.05, 0.1) is 5.69 Å². The fourth-order valence-electron chi connectivity index (χ4n) is 2.79. The number of hydrogen-bond donors (Lipinski definition) is 1. The first kappa shape index (κ1) is 13.4. The van der Waals surface area contributed by atoms with Crippen LogP contribution in [0, 0.1) is 6.92 Å². The molecule has 4 heteroatoms. The molecule has 1 aromatic rings. The topological polar surface area (TPSA) is 33.1 Å². The average molecular weight is 250 g/mol. The second-order valence-electron chi connectivity index (χ2n) is 5.24. The van der Waals surface area contributed by atoms with E-state index in [1.54, 1.807) is 0 Å². The highest BCUT2D eigenvalue weighted by Crippen LogP contribution is 2.26. The molecule has 0 bridgehead atoms. The monoisotopic (exact) mass is 250 g/mol. The van der Waals surface area contributed by atoms with Crippen LogP contribution in [0.1, 0.15) is 43.9 Å². The molecule has 0 amide bonds. The Hall–Kier alpha value is -1.03. The van der Waals surface area contributed by atoms with Gasteiger partial charge in [-0.3, -0.25) is 4.68 Å². The second kappa shape index (κ2) is 6.23. The van der Waals surface area contributed by atoms with Gasteiger partial charge in [0.2, 0.25) is 0 Å². The van der Waals surface area contributed by atoms with E-state index in [0.29, 0.717) is 0 Å². The molecule has 102 valence electrons. The molecule has 0 unspecified atom stereocenters. The minimum absolute atomic E-state index is 0.944. The third kappa shape index (κ3) is 2.86. The zero-order valence-corrected chi connectivity index (χ0v) is 12.0. The van der Waals surface area contributed by atoms with Gasteiger partial charge in [0, 0.05) is 32.2 Å². The van der Waals surface area contributed by atoms with Gasteiger partial charge in [0.25, 0.3) is 0 Å². The van der Waals surface area contributed by atoms with Crippen LogP contribution in [-0.2, 0) is 13.6 Å². The highest BCUT2D eigenvalue weighted by Gasteiger charge is 2.20. The van der Waals surface area contributed by atoms with Crippen LogP contribution >= 0.6 is 0 Å². The van der Waals surface area contributed by atoms with Crippen molar-refractivity contribution in [3.8, 4) is 0 Å². The van der Waals surface area contributed by atoms with Crippen molar-refractivity contribution in [1.29, 1.82) is 0 Å². The Morgan fingerprint density at radius 2 is 1.94 bits per heavy atom. The lowest BCUT2D eigenvalue weighted by atomic mass is 10.1. The van der Waals surface area contributed by atoms with Gasteiger partial charge >= 0.3 is 0 Å². The molecular formula is C14H26N4. The molecule has 1 aliphatic heterocycles. The number of aryl methyl sites for hydroxylation is 2. The summed E-state index contributed by atoms with van der Waals surface area (Å²) in [6, 6.07) is 0. The van der Waals surface area contributed by atoms with E-state index < -0.39 is 0 Å². The van der Waals surface area contributed by atoms with Crippen molar-refractivity contribution in [3.63, 3.8) is 0 Å². The van der Waals surface area contributed by atoms with Crippen molar-refractivity contribution in [2.45, 2.75) is 46.1 Å². The average Bonchev–Trinajstić information content (AvgIpc) is 2.66. The first-order valence-electron chi connectivity index (χ1n) is 7.22. The number of hydrogen-bond acceptors (Lipinski definition) is 3. The Kier molecular flexibility index (Phi) is 4.64. The van der Waals surface area contributed by atoms with Crippen LogP contribution in [0.4, 0.5) is 5.82 Å². The van der Waals surface area contributed by atoms with Gasteiger partial charge in [-0.2, -0.15) is 5.10 Å². The van der Waals surface area contributed by atoms with E-state index in [2.05, 4.69) is 40.9 Å². The van der Waals surface area contributed by atoms with Crippen LogP contribution in [0.15, 0.2) is 0 Å². The third-order valence-electron chi connectivity index (χ3n) is 3.70. The maximum absolute atomic E-state index is 4.60. The molecule has 1 aliphatic rings. The Morgan fingerprint density at radius 1 is 1.22 bits per heavy atom. The van der Waals surface area contributed by atoms with Crippen LogP contribution in [0.25, 0.3) is 0 Å². The minimum Gasteiger partial charge on any atom is -0.357 e. The Morgan fingerprint density at radius 3 is 2.61 bits per heavy atom. The zero-order valence-electron chi connectivity index (χ0n) is 12.0. The van der Waals surface area contributed by atoms with E-state index in [1.807, 2.05) is 0 Å². The highest BCUT2D eigenvalue weighted by atomic mass is 15.4. The molecule has 0 atom stereocenters. The van der Waals surface area contributed by atoms with Gasteiger partial charge in [-0.25, -0.2) is 0 Å². The predicted octanol–water partition coefficient (Wildman–Crippen LogP) is 2.22. The third-order valence-corrected chi connectivity index (χ3v) is 3.70. The minimum atomic E-state index is 0.944. The molecule has 1 saturated heterocycles. The van der Waals surface area contributed by atoms with Crippen LogP contribution in [0.2, 0.25) is 0 Å². The largest absolute Gasteiger partial charge is 0.357 e. The molecule has 0 saturated carbocycles. The number of piperidine rings is 1. The fourth-order valence-corrected chi connectivity index (χ4v) is 2.79. The molecule has 2 heterocycles. The quantitative estimate of drug-likeness (QED) is 0.813. The molecule has 2 rings (SSSR count). The molecule has 0 spiro atoms. The summed E-state index contributed by atoms with van der Waals surface area (Å²) in [5.41, 5.74) is 2.55. The van der Waals surface area contributed by atoms with Crippen LogP contribution < -0.4 is 10.2 Å². The summed E-state index contributed by atoms with van der Waals surface area (Å²) in [7, 11) is 2.07. The van der Waals surface area contributed by atoms with E-state index in [1.165, 1.54) is 55.8 Å². The van der Waals surface area contributed by atoms with E-state index in [-0.39, 0.29) is 0 Å². The summed E-state index contributed by atoms with van der Waals surface area (Å²) in [6.07, 6.45) is 5.17. The van der Waals surface area contributed by atoms with E-state index in [4.69, 9.17) is 0 Å². The molecule has 0 aliphatic carbocycles. The SMILES string of the molecule is CCCNCc1c(C)nn(C)c1N1CCCCC1. The first-order valence-corrected chi connectivity index (χ1v) is 7.22. The number of nitrogens with one attached hydrogen (secondary N) is 1. The molecule has 0 radical (unpaired) electrons. The molecule has 1 N–H and O–H groups in total. The van der Waals surface area contributed by atoms with Crippen molar-refractivity contribution < 1.29 is 0 Å². The standard InChI is InChI=1S/C14H26N4/c1-4-8-15-11-13-12(2)16-17(3)14(13)18-9-6-5-7-10-18/h15H,4-11H2,1-3H3. The zero-order chi connectivity index (χ0) is 13.0. The summed E-state index contributed by atoms with van der Waals surface area (Å²) < 4.78 is 2.06. The first-order chi connectivity index (χ1) is 8.74. The Balaban J connectivity index is 2.15. The molecular weight excluding hydrogens is 224 g/mol. The number of nitrogens with zero attached hydrogens (tertiary/aromatic N) is 3. The maximum Gasteiger partial charge on any atom is 0.131 e. The molecule has 4 nitrogen and oxygen atoms in total. The lowest BCUT2D eigenvalue weighted by molar-refractivity contribution is 0.558. The Bertz CT molecular complexity index is 377. The highest BCUT2D eigenvalue weighted by molar-refractivity contribution is 5.50. The van der Waals surface area contributed by atoms with Gasteiger partial charge in [0.1, 0.15) is 5.82 Å². The second-order valence-corrected chi connectivity index (χ2v) is 5.24. The van der Waals surface area contributed by atoms with Crippen LogP contribution in [0.3, 0.4) is 0 Å². The summed E-state index contributed by atoms with van der Waals surface area (Å²) in [5, 5.41) is 8.10. The summed E-state index contributed by atoms with van der Waals surface area (Å²) in [6.45, 7) is 8.71. The number of rotatable bonds is 5. The van der Waals surface area contributed by atoms with Crippen molar-refractivity contribution >= 4 is 5.82 Å². The summed E-state index contributed by atoms with van der Waals surface area (Å²) >= 11 is 0. The lowest BCUT2D eigenvalue weighted by Gasteiger charge is -2.29. The smallest absolute Gasteiger partial charge is 0.131 e.